The predicted molar refractivity (Wildman–Crippen MR) is 122 cm³/mol. The number of carbonyl (C=O) groups is 1. The van der Waals surface area contributed by atoms with Crippen molar-refractivity contribution in [1.29, 1.82) is 0 Å². The first-order valence-electron chi connectivity index (χ1n) is 10.3. The molecule has 10 heteroatoms. The van der Waals surface area contributed by atoms with Gasteiger partial charge in [-0.05, 0) is 67.1 Å². The fraction of sp³-hybridized carbons (Fsp3) is 0.0800. The molecule has 178 valence electrons. The molecule has 0 saturated heterocycles. The van der Waals surface area contributed by atoms with Crippen molar-refractivity contribution < 1.29 is 27.1 Å². The number of nitrogens with one attached hydrogen (secondary N) is 1. The minimum atomic E-state index is -4.68. The Kier molecular flexibility index (Phi) is 6.37. The van der Waals surface area contributed by atoms with Crippen molar-refractivity contribution in [2.75, 3.05) is 5.32 Å². The van der Waals surface area contributed by atoms with Crippen LogP contribution in [-0.4, -0.2) is 15.9 Å². The molecular formula is C25H18F4N4O2. The number of hydrogen-bond donors (Lipinski definition) is 2. The zero-order valence-electron chi connectivity index (χ0n) is 18.2. The van der Waals surface area contributed by atoms with Gasteiger partial charge in [0.15, 0.2) is 0 Å². The fourth-order valence-corrected chi connectivity index (χ4v) is 3.38. The molecule has 0 aliphatic carbocycles. The van der Waals surface area contributed by atoms with E-state index >= 15 is 0 Å². The summed E-state index contributed by atoms with van der Waals surface area (Å²) < 4.78 is 59.7. The van der Waals surface area contributed by atoms with Gasteiger partial charge in [-0.15, -0.1) is 0 Å². The molecule has 35 heavy (non-hydrogen) atoms. The average Bonchev–Trinajstić information content (AvgIpc) is 2.80. The van der Waals surface area contributed by atoms with Crippen molar-refractivity contribution in [2.24, 2.45) is 5.73 Å². The highest BCUT2D eigenvalue weighted by atomic mass is 19.4. The summed E-state index contributed by atoms with van der Waals surface area (Å²) in [7, 11) is 0. The minimum Gasteiger partial charge on any atom is -0.438 e. The van der Waals surface area contributed by atoms with Gasteiger partial charge in [0.05, 0.1) is 22.6 Å². The largest absolute Gasteiger partial charge is 0.438 e. The first-order chi connectivity index (χ1) is 16.6. The fourth-order valence-electron chi connectivity index (χ4n) is 3.38. The third-order valence-electron chi connectivity index (χ3n) is 5.00. The van der Waals surface area contributed by atoms with E-state index in [4.69, 9.17) is 10.5 Å². The number of hydrogen-bond acceptors (Lipinski definition) is 5. The predicted octanol–water partition coefficient (Wildman–Crippen LogP) is 6.24. The summed E-state index contributed by atoms with van der Waals surface area (Å²) in [6.45, 7) is 1.76. The molecular weight excluding hydrogens is 464 g/mol. The van der Waals surface area contributed by atoms with Crippen molar-refractivity contribution in [1.82, 2.24) is 9.97 Å². The Balaban J connectivity index is 1.69. The van der Waals surface area contributed by atoms with Gasteiger partial charge < -0.3 is 15.8 Å². The number of aryl methyl sites for hydroxylation is 1. The number of anilines is 2. The molecule has 4 aromatic rings. The topological polar surface area (TPSA) is 90.1 Å². The molecule has 0 saturated carbocycles. The van der Waals surface area contributed by atoms with E-state index in [9.17, 15) is 22.4 Å². The molecule has 0 bridgehead atoms. The van der Waals surface area contributed by atoms with Crippen molar-refractivity contribution in [3.05, 3.63) is 95.6 Å². The third kappa shape index (κ3) is 5.21. The van der Waals surface area contributed by atoms with Crippen molar-refractivity contribution in [2.45, 2.75) is 13.1 Å². The van der Waals surface area contributed by atoms with Gasteiger partial charge in [-0.1, -0.05) is 6.07 Å². The zero-order chi connectivity index (χ0) is 25.2. The molecule has 0 unspecified atom stereocenters. The summed E-state index contributed by atoms with van der Waals surface area (Å²) in [5, 5.41) is 3.01. The van der Waals surface area contributed by atoms with E-state index in [-0.39, 0.29) is 22.6 Å². The number of aromatic nitrogens is 2. The number of amides is 1. The number of nitrogens with zero attached hydrogens (tertiary/aromatic N) is 2. The molecule has 2 aromatic carbocycles. The lowest BCUT2D eigenvalue weighted by Gasteiger charge is -2.16. The lowest BCUT2D eigenvalue weighted by molar-refractivity contribution is -0.138. The van der Waals surface area contributed by atoms with Gasteiger partial charge in [0.2, 0.25) is 5.88 Å². The van der Waals surface area contributed by atoms with Gasteiger partial charge in [-0.25, -0.2) is 9.37 Å². The van der Waals surface area contributed by atoms with E-state index in [2.05, 4.69) is 15.3 Å². The molecule has 1 amide bonds. The Morgan fingerprint density at radius 3 is 2.43 bits per heavy atom. The summed E-state index contributed by atoms with van der Waals surface area (Å²) in [6, 6.07) is 13.9. The monoisotopic (exact) mass is 482 g/mol. The maximum Gasteiger partial charge on any atom is 0.421 e. The van der Waals surface area contributed by atoms with Crippen LogP contribution in [0.1, 0.15) is 21.5 Å². The maximum absolute atomic E-state index is 14.6. The van der Waals surface area contributed by atoms with Gasteiger partial charge in [0, 0.05) is 18.0 Å². The Labute approximate surface area is 197 Å². The number of benzene rings is 2. The van der Waals surface area contributed by atoms with E-state index < -0.39 is 29.3 Å². The molecule has 3 N–H and O–H groups in total. The van der Waals surface area contributed by atoms with E-state index in [1.165, 1.54) is 30.5 Å². The van der Waals surface area contributed by atoms with E-state index in [0.717, 1.165) is 23.9 Å². The molecule has 0 aliphatic heterocycles. The lowest BCUT2D eigenvalue weighted by atomic mass is 10.1. The van der Waals surface area contributed by atoms with Crippen LogP contribution in [0.4, 0.5) is 28.9 Å². The molecule has 2 aromatic heterocycles. The molecule has 0 atom stereocenters. The third-order valence-corrected chi connectivity index (χ3v) is 5.00. The van der Waals surface area contributed by atoms with E-state index in [0.29, 0.717) is 11.4 Å². The first-order valence-corrected chi connectivity index (χ1v) is 10.3. The highest BCUT2D eigenvalue weighted by Crippen LogP contribution is 2.38. The summed E-state index contributed by atoms with van der Waals surface area (Å²) in [6.07, 6.45) is -2.03. The molecule has 0 fully saturated rings. The molecule has 0 spiro atoms. The van der Waals surface area contributed by atoms with Crippen molar-refractivity contribution in [3.63, 3.8) is 0 Å². The second-order valence-electron chi connectivity index (χ2n) is 7.54. The number of alkyl halides is 3. The van der Waals surface area contributed by atoms with Crippen LogP contribution in [0.5, 0.6) is 11.6 Å². The smallest absolute Gasteiger partial charge is 0.421 e. The van der Waals surface area contributed by atoms with Gasteiger partial charge >= 0.3 is 6.18 Å². The Morgan fingerprint density at radius 2 is 1.71 bits per heavy atom. The SMILES string of the molecule is Cc1ccc(-c2ncccc2Nc2ccc(Oc3ncccc3C(F)(F)F)cc2C(N)=O)c(F)c1. The van der Waals surface area contributed by atoms with Crippen LogP contribution in [0.3, 0.4) is 0 Å². The second-order valence-corrected chi connectivity index (χ2v) is 7.54. The molecule has 6 nitrogen and oxygen atoms in total. The van der Waals surface area contributed by atoms with Crippen LogP contribution in [0.2, 0.25) is 0 Å². The van der Waals surface area contributed by atoms with Crippen LogP contribution >= 0.6 is 0 Å². The maximum atomic E-state index is 14.6. The van der Waals surface area contributed by atoms with Crippen LogP contribution < -0.4 is 15.8 Å². The molecule has 0 aliphatic rings. The number of primary amides is 1. The van der Waals surface area contributed by atoms with Crippen LogP contribution in [0.15, 0.2) is 73.1 Å². The number of nitrogens with two attached hydrogens (primary N) is 1. The van der Waals surface area contributed by atoms with Crippen molar-refractivity contribution in [3.8, 4) is 22.9 Å². The van der Waals surface area contributed by atoms with Crippen LogP contribution in [0.25, 0.3) is 11.3 Å². The van der Waals surface area contributed by atoms with E-state index in [1.807, 2.05) is 0 Å². The molecule has 0 radical (unpaired) electrons. The number of carbonyl (C=O) groups excluding carboxylic acids is 1. The molecule has 2 heterocycles. The number of ether oxygens (including phenoxy) is 1. The highest BCUT2D eigenvalue weighted by Gasteiger charge is 2.35. The van der Waals surface area contributed by atoms with Gasteiger partial charge in [-0.3, -0.25) is 9.78 Å². The average molecular weight is 482 g/mol. The van der Waals surface area contributed by atoms with Gasteiger partial charge in [-0.2, -0.15) is 13.2 Å². The highest BCUT2D eigenvalue weighted by molar-refractivity contribution is 6.00. The summed E-state index contributed by atoms with van der Waals surface area (Å²) >= 11 is 0. The van der Waals surface area contributed by atoms with Gasteiger partial charge in [0.1, 0.15) is 17.1 Å². The summed E-state index contributed by atoms with van der Waals surface area (Å²) in [4.78, 5) is 20.0. The normalized spacial score (nSPS) is 11.2. The Bertz CT molecular complexity index is 1410. The zero-order valence-corrected chi connectivity index (χ0v) is 18.2. The Morgan fingerprint density at radius 1 is 0.971 bits per heavy atom. The first kappa shape index (κ1) is 23.7. The second kappa shape index (κ2) is 9.41. The molecule has 4 rings (SSSR count). The summed E-state index contributed by atoms with van der Waals surface area (Å²) in [5.74, 6) is -2.08. The number of halogens is 4. The summed E-state index contributed by atoms with van der Waals surface area (Å²) in [5.41, 5.74) is 6.27. The van der Waals surface area contributed by atoms with Crippen LogP contribution in [0, 0.1) is 12.7 Å². The van der Waals surface area contributed by atoms with Crippen molar-refractivity contribution >= 4 is 17.3 Å². The van der Waals surface area contributed by atoms with E-state index in [1.54, 1.807) is 31.2 Å². The van der Waals surface area contributed by atoms with Gasteiger partial charge in [0.25, 0.3) is 5.91 Å². The van der Waals surface area contributed by atoms with Crippen LogP contribution in [-0.2, 0) is 6.18 Å². The Hall–Kier alpha value is -4.47. The quantitative estimate of drug-likeness (QED) is 0.317. The standard InChI is InChI=1S/C25H18F4N4O2/c1-14-6-8-16(19(26)12-14)22-21(5-3-10-31-22)33-20-9-7-15(13-17(20)23(30)34)35-24-18(25(27,28)29)4-2-11-32-24/h2-13,33H,1H3,(H2,30,34). The number of rotatable bonds is 6. The minimum absolute atomic E-state index is 0.0637. The lowest BCUT2D eigenvalue weighted by Crippen LogP contribution is -2.14. The number of pyridine rings is 2.